The average Bonchev–Trinajstić information content (AvgIpc) is 3.28. The Kier molecular flexibility index (Phi) is 7.53. The third-order valence-corrected chi connectivity index (χ3v) is 11.3. The van der Waals surface area contributed by atoms with Crippen molar-refractivity contribution in [2.45, 2.75) is 0 Å². The normalized spacial score (nSPS) is 11.6. The summed E-state index contributed by atoms with van der Waals surface area (Å²) in [6, 6.07) is 74.3. The second kappa shape index (κ2) is 13.2. The highest BCUT2D eigenvalue weighted by Gasteiger charge is 2.17. The molecule has 0 radical (unpaired) electrons. The first kappa shape index (κ1) is 32.0. The second-order valence-corrected chi connectivity index (χ2v) is 14.4. The molecule has 0 amide bonds. The number of benzene rings is 9. The fourth-order valence-corrected chi connectivity index (χ4v) is 8.76. The molecule has 0 saturated carbocycles. The Bertz CT molecular complexity index is 3350. The molecule has 10 aromatic carbocycles. The molecule has 260 valence electrons. The first-order valence-electron chi connectivity index (χ1n) is 19.2. The molecule has 0 aliphatic carbocycles. The van der Waals surface area contributed by atoms with Gasteiger partial charge in [-0.3, -0.25) is 0 Å². The van der Waals surface area contributed by atoms with Crippen LogP contribution >= 0.6 is 0 Å². The molecule has 56 heavy (non-hydrogen) atoms. The van der Waals surface area contributed by atoms with E-state index in [2.05, 4.69) is 194 Å². The number of hydrogen-bond donors (Lipinski definition) is 0. The van der Waals surface area contributed by atoms with E-state index in [0.717, 1.165) is 33.5 Å². The van der Waals surface area contributed by atoms with Crippen molar-refractivity contribution >= 4 is 75.4 Å². The quantitative estimate of drug-likeness (QED) is 0.171. The highest BCUT2D eigenvalue weighted by atomic mass is 14.9. The van der Waals surface area contributed by atoms with Gasteiger partial charge < -0.3 is 0 Å². The topological polar surface area (TPSA) is 25.8 Å². The second-order valence-electron chi connectivity index (χ2n) is 14.4. The molecule has 2 heteroatoms. The summed E-state index contributed by atoms with van der Waals surface area (Å²) in [6.45, 7) is 0. The van der Waals surface area contributed by atoms with E-state index in [0.29, 0.717) is 5.82 Å². The zero-order valence-electron chi connectivity index (χ0n) is 30.5. The minimum atomic E-state index is 0.691. The molecular formula is C54H34N2. The lowest BCUT2D eigenvalue weighted by Gasteiger charge is -2.15. The molecule has 0 bridgehead atoms. The third kappa shape index (κ3) is 5.19. The summed E-state index contributed by atoms with van der Waals surface area (Å²) in [5, 5.41) is 16.9. The summed E-state index contributed by atoms with van der Waals surface area (Å²) in [5.41, 5.74) is 4.85. The van der Waals surface area contributed by atoms with Crippen LogP contribution < -0.4 is 0 Å². The molecule has 0 saturated heterocycles. The molecule has 11 rings (SSSR count). The van der Waals surface area contributed by atoms with Crippen LogP contribution in [0.4, 0.5) is 0 Å². The molecule has 0 aliphatic rings. The van der Waals surface area contributed by atoms with E-state index in [9.17, 15) is 0 Å². The zero-order chi connectivity index (χ0) is 37.0. The Balaban J connectivity index is 1.40. The van der Waals surface area contributed by atoms with Gasteiger partial charge in [-0.25, -0.2) is 9.97 Å². The average molecular weight is 711 g/mol. The molecule has 0 atom stereocenters. The lowest BCUT2D eigenvalue weighted by atomic mass is 9.88. The largest absolute Gasteiger partial charge is 0.228 e. The van der Waals surface area contributed by atoms with Crippen LogP contribution in [-0.4, -0.2) is 9.97 Å². The molecular weight excluding hydrogens is 677 g/mol. The van der Waals surface area contributed by atoms with Crippen LogP contribution in [0.5, 0.6) is 0 Å². The van der Waals surface area contributed by atoms with Gasteiger partial charge in [0.05, 0.1) is 11.4 Å². The minimum absolute atomic E-state index is 0.691. The summed E-state index contributed by atoms with van der Waals surface area (Å²) >= 11 is 0. The molecule has 0 unspecified atom stereocenters. The van der Waals surface area contributed by atoms with Gasteiger partial charge in [-0.1, -0.05) is 194 Å². The maximum absolute atomic E-state index is 5.29. The lowest BCUT2D eigenvalue weighted by Crippen LogP contribution is -1.96. The Morgan fingerprint density at radius 3 is 0.911 bits per heavy atom. The summed E-state index contributed by atoms with van der Waals surface area (Å²) in [6.07, 6.45) is 0. The van der Waals surface area contributed by atoms with E-state index >= 15 is 0 Å². The Morgan fingerprint density at radius 2 is 0.518 bits per heavy atom. The van der Waals surface area contributed by atoms with Gasteiger partial charge in [-0.15, -0.1) is 0 Å². The molecule has 0 aliphatic heterocycles. The van der Waals surface area contributed by atoms with Crippen LogP contribution in [0.15, 0.2) is 206 Å². The van der Waals surface area contributed by atoms with E-state index in [1.807, 2.05) is 12.1 Å². The van der Waals surface area contributed by atoms with Crippen molar-refractivity contribution in [3.05, 3.63) is 206 Å². The number of hydrogen-bond acceptors (Lipinski definition) is 2. The Morgan fingerprint density at radius 1 is 0.214 bits per heavy atom. The van der Waals surface area contributed by atoms with Gasteiger partial charge in [0.2, 0.25) is 0 Å². The number of nitrogens with zero attached hydrogens (tertiary/aromatic N) is 2. The van der Waals surface area contributed by atoms with Crippen molar-refractivity contribution in [1.29, 1.82) is 0 Å². The molecule has 1 aromatic heterocycles. The van der Waals surface area contributed by atoms with Crippen LogP contribution in [0, 0.1) is 0 Å². The van der Waals surface area contributed by atoms with E-state index < -0.39 is 0 Å². The smallest absolute Gasteiger partial charge is 0.160 e. The predicted octanol–water partition coefficient (Wildman–Crippen LogP) is 14.7. The number of aromatic nitrogens is 2. The van der Waals surface area contributed by atoms with Gasteiger partial charge in [-0.05, 0) is 87.5 Å². The van der Waals surface area contributed by atoms with Gasteiger partial charge in [0.25, 0.3) is 0 Å². The molecule has 0 spiro atoms. The third-order valence-electron chi connectivity index (χ3n) is 11.3. The molecule has 1 heterocycles. The van der Waals surface area contributed by atoms with Crippen LogP contribution in [0.2, 0.25) is 0 Å². The molecule has 0 N–H and O–H groups in total. The summed E-state index contributed by atoms with van der Waals surface area (Å²) in [5.74, 6) is 0.691. The summed E-state index contributed by atoms with van der Waals surface area (Å²) in [4.78, 5) is 10.6. The Hall–Kier alpha value is -7.42. The van der Waals surface area contributed by atoms with Crippen LogP contribution in [0.1, 0.15) is 0 Å². The van der Waals surface area contributed by atoms with Gasteiger partial charge in [-0.2, -0.15) is 0 Å². The molecule has 0 fully saturated rings. The van der Waals surface area contributed by atoms with Crippen LogP contribution in [0.25, 0.3) is 109 Å². The maximum Gasteiger partial charge on any atom is 0.160 e. The summed E-state index contributed by atoms with van der Waals surface area (Å²) in [7, 11) is 0. The standard InChI is InChI=1S/C54H34N2/c1-3-17-35(18-4-1)50-34-51(36-19-5-2-6-20-36)56-54(55-50)37-31-32-45-41-24-10-8-22-39(41)38-21-7-9-23-40(38)42-25-11-14-28-46(42)52-47-29-15-12-26-43(47)44-27-13-16-30-48(44)53(52)49(45)33-37/h1-34H. The summed E-state index contributed by atoms with van der Waals surface area (Å²) < 4.78 is 0. The van der Waals surface area contributed by atoms with Crippen molar-refractivity contribution in [3.8, 4) is 33.9 Å². The van der Waals surface area contributed by atoms with Gasteiger partial charge in [0.15, 0.2) is 5.82 Å². The monoisotopic (exact) mass is 710 g/mol. The molecule has 2 nitrogen and oxygen atoms in total. The van der Waals surface area contributed by atoms with E-state index in [1.165, 1.54) is 70.0 Å². The predicted molar refractivity (Wildman–Crippen MR) is 239 cm³/mol. The Labute approximate surface area is 324 Å². The van der Waals surface area contributed by atoms with Crippen molar-refractivity contribution in [1.82, 2.24) is 9.97 Å². The number of fused-ring (bicyclic) bond motifs is 15. The van der Waals surface area contributed by atoms with Crippen molar-refractivity contribution in [2.24, 2.45) is 0 Å². The minimum Gasteiger partial charge on any atom is -0.228 e. The first-order chi connectivity index (χ1) is 27.8. The first-order valence-corrected chi connectivity index (χ1v) is 19.2. The SMILES string of the molecule is c1ccc(-c2cc(-c3ccccc3)nc(-c3ccc4c5ccccc5c5ccccc5c5ccccc5c5c6ccccc6c6ccccc6c5c4c3)n2)cc1. The zero-order valence-corrected chi connectivity index (χ0v) is 30.5. The van der Waals surface area contributed by atoms with Crippen LogP contribution in [-0.2, 0) is 0 Å². The van der Waals surface area contributed by atoms with Crippen molar-refractivity contribution < 1.29 is 0 Å². The van der Waals surface area contributed by atoms with Gasteiger partial charge >= 0.3 is 0 Å². The van der Waals surface area contributed by atoms with E-state index in [-0.39, 0.29) is 0 Å². The maximum atomic E-state index is 5.29. The van der Waals surface area contributed by atoms with Crippen molar-refractivity contribution in [3.63, 3.8) is 0 Å². The molecule has 11 aromatic rings. The van der Waals surface area contributed by atoms with Gasteiger partial charge in [0.1, 0.15) is 0 Å². The highest BCUT2D eigenvalue weighted by molar-refractivity contribution is 6.38. The van der Waals surface area contributed by atoms with Crippen LogP contribution in [0.3, 0.4) is 0 Å². The highest BCUT2D eigenvalue weighted by Crippen LogP contribution is 2.43. The fourth-order valence-electron chi connectivity index (χ4n) is 8.76. The lowest BCUT2D eigenvalue weighted by molar-refractivity contribution is 1.18. The van der Waals surface area contributed by atoms with E-state index in [1.54, 1.807) is 0 Å². The van der Waals surface area contributed by atoms with Crippen molar-refractivity contribution in [2.75, 3.05) is 0 Å². The van der Waals surface area contributed by atoms with E-state index in [4.69, 9.17) is 9.97 Å². The fraction of sp³-hybridized carbons (Fsp3) is 0. The van der Waals surface area contributed by atoms with Gasteiger partial charge in [0, 0.05) is 16.7 Å². The number of rotatable bonds is 3.